The fraction of sp³-hybridized carbons (Fsp3) is 1.00. The van der Waals surface area contributed by atoms with E-state index in [0.717, 1.165) is 0 Å². The van der Waals surface area contributed by atoms with E-state index in [4.69, 9.17) is 5.11 Å². The lowest BCUT2D eigenvalue weighted by Crippen LogP contribution is -1.98. The molecular weight excluding hydrogens is 144 g/mol. The zero-order chi connectivity index (χ0) is 7.11. The van der Waals surface area contributed by atoms with Crippen LogP contribution < -0.4 is 0 Å². The van der Waals surface area contributed by atoms with Crippen LogP contribution >= 0.6 is 0 Å². The van der Waals surface area contributed by atoms with Crippen molar-refractivity contribution in [2.24, 2.45) is 0 Å². The summed E-state index contributed by atoms with van der Waals surface area (Å²) in [4.78, 5) is 0. The summed E-state index contributed by atoms with van der Waals surface area (Å²) >= 11 is -2.40. The van der Waals surface area contributed by atoms with Crippen molar-refractivity contribution in [3.63, 3.8) is 0 Å². The molecule has 4 nitrogen and oxygen atoms in total. The molecule has 0 radical (unpaired) electrons. The first-order valence-corrected chi connectivity index (χ1v) is 3.60. The highest BCUT2D eigenvalue weighted by molar-refractivity contribution is 7.74. The summed E-state index contributed by atoms with van der Waals surface area (Å²) in [5, 5.41) is 8.22. The molecule has 0 aromatic rings. The number of aliphatic hydroxyl groups excluding tert-OH is 1. The average molecular weight is 153 g/mol. The molecule has 0 saturated heterocycles. The van der Waals surface area contributed by atoms with Crippen LogP contribution in [0.5, 0.6) is 0 Å². The third kappa shape index (κ3) is 8.03. The van der Waals surface area contributed by atoms with E-state index in [1.807, 2.05) is 0 Å². The lowest BCUT2D eigenvalue weighted by atomic mass is 10.3. The van der Waals surface area contributed by atoms with Gasteiger partial charge in [0, 0.05) is 6.61 Å². The lowest BCUT2D eigenvalue weighted by molar-refractivity contribution is 0.250. The van der Waals surface area contributed by atoms with Crippen molar-refractivity contribution in [2.45, 2.75) is 12.8 Å². The molecule has 0 saturated carbocycles. The smallest absolute Gasteiger partial charge is 0.0842 e. The first-order chi connectivity index (χ1) is 4.27. The van der Waals surface area contributed by atoms with Gasteiger partial charge in [-0.2, -0.15) is 0 Å². The Morgan fingerprint density at radius 2 is 2.22 bits per heavy atom. The Hall–Kier alpha value is 0.0300. The monoisotopic (exact) mass is 153 g/mol. The maximum atomic E-state index is 9.68. The van der Waals surface area contributed by atoms with Gasteiger partial charge >= 0.3 is 0 Å². The zero-order valence-electron chi connectivity index (χ0n) is 4.91. The summed E-state index contributed by atoms with van der Waals surface area (Å²) < 4.78 is 23.5. The van der Waals surface area contributed by atoms with Crippen molar-refractivity contribution < 1.29 is 18.1 Å². The van der Waals surface area contributed by atoms with E-state index >= 15 is 0 Å². The molecule has 0 spiro atoms. The molecule has 0 bridgehead atoms. The summed E-state index contributed by atoms with van der Waals surface area (Å²) in [7, 11) is 0. The normalized spacial score (nSPS) is 13.6. The second-order valence-electron chi connectivity index (χ2n) is 1.46. The highest BCUT2D eigenvalue weighted by Gasteiger charge is 1.85. The summed E-state index contributed by atoms with van der Waals surface area (Å²) in [6, 6.07) is 0. The fourth-order valence-corrected chi connectivity index (χ4v) is 0.595. The van der Waals surface area contributed by atoms with Gasteiger partial charge in [-0.25, -0.2) is 4.21 Å². The van der Waals surface area contributed by atoms with E-state index in [1.165, 1.54) is 0 Å². The molecular formula is C4H9O4S-. The van der Waals surface area contributed by atoms with Gasteiger partial charge in [-0.15, -0.1) is 0 Å². The number of hydrogen-bond donors (Lipinski definition) is 1. The van der Waals surface area contributed by atoms with Crippen molar-refractivity contribution in [3.8, 4) is 0 Å². The minimum absolute atomic E-state index is 0.0782. The van der Waals surface area contributed by atoms with Crippen LogP contribution in [0.1, 0.15) is 12.8 Å². The van der Waals surface area contributed by atoms with Crippen LogP contribution in [0.15, 0.2) is 0 Å². The summed E-state index contributed by atoms with van der Waals surface area (Å²) in [6.45, 7) is 0.242. The standard InChI is InChI=1S/C4H10O4S/c5-3-1-2-4-8-9(6)7/h5H,1-4H2,(H,6,7)/p-1. The highest BCUT2D eigenvalue weighted by atomic mass is 32.2. The topological polar surface area (TPSA) is 69.6 Å². The molecule has 0 aliphatic heterocycles. The molecule has 0 aliphatic carbocycles. The molecule has 0 aliphatic rings. The highest BCUT2D eigenvalue weighted by Crippen LogP contribution is 1.88. The molecule has 0 heterocycles. The Balaban J connectivity index is 2.83. The maximum Gasteiger partial charge on any atom is 0.0842 e. The van der Waals surface area contributed by atoms with Crippen molar-refractivity contribution >= 4 is 11.4 Å². The van der Waals surface area contributed by atoms with Crippen LogP contribution in [0, 0.1) is 0 Å². The Labute approximate surface area is 56.3 Å². The van der Waals surface area contributed by atoms with Crippen molar-refractivity contribution in [2.75, 3.05) is 13.2 Å². The van der Waals surface area contributed by atoms with Gasteiger partial charge in [-0.1, -0.05) is 0 Å². The Bertz CT molecular complexity index is 84.6. The van der Waals surface area contributed by atoms with Gasteiger partial charge < -0.3 is 13.8 Å². The Morgan fingerprint density at radius 3 is 2.67 bits per heavy atom. The molecule has 0 aromatic heterocycles. The molecule has 0 amide bonds. The SMILES string of the molecule is O=S([O-])OCCCCO. The van der Waals surface area contributed by atoms with E-state index in [-0.39, 0.29) is 13.2 Å². The maximum absolute atomic E-state index is 9.68. The van der Waals surface area contributed by atoms with Crippen LogP contribution in [-0.4, -0.2) is 27.1 Å². The summed E-state index contributed by atoms with van der Waals surface area (Å²) in [5.74, 6) is 0. The molecule has 0 aromatic carbocycles. The van der Waals surface area contributed by atoms with Gasteiger partial charge in [0.2, 0.25) is 0 Å². The van der Waals surface area contributed by atoms with Crippen LogP contribution in [0.4, 0.5) is 0 Å². The number of rotatable bonds is 5. The number of aliphatic hydroxyl groups is 1. The first-order valence-electron chi connectivity index (χ1n) is 2.60. The van der Waals surface area contributed by atoms with E-state index < -0.39 is 11.4 Å². The molecule has 1 N–H and O–H groups in total. The molecule has 1 unspecified atom stereocenters. The van der Waals surface area contributed by atoms with Crippen molar-refractivity contribution in [1.29, 1.82) is 0 Å². The zero-order valence-corrected chi connectivity index (χ0v) is 5.73. The van der Waals surface area contributed by atoms with Gasteiger partial charge in [0.05, 0.1) is 18.0 Å². The minimum atomic E-state index is -2.40. The fourth-order valence-electron chi connectivity index (χ4n) is 0.341. The van der Waals surface area contributed by atoms with Gasteiger partial charge in [-0.05, 0) is 12.8 Å². The molecule has 0 rings (SSSR count). The van der Waals surface area contributed by atoms with Crippen LogP contribution in [-0.2, 0) is 15.5 Å². The molecule has 56 valence electrons. The minimum Gasteiger partial charge on any atom is -0.750 e. The number of unbranched alkanes of at least 4 members (excludes halogenated alkanes) is 1. The molecule has 9 heavy (non-hydrogen) atoms. The van der Waals surface area contributed by atoms with Crippen LogP contribution in [0.2, 0.25) is 0 Å². The van der Waals surface area contributed by atoms with E-state index in [9.17, 15) is 8.76 Å². The third-order valence-electron chi connectivity index (χ3n) is 0.732. The first kappa shape index (κ1) is 9.03. The van der Waals surface area contributed by atoms with Crippen molar-refractivity contribution in [1.82, 2.24) is 0 Å². The predicted molar refractivity (Wildman–Crippen MR) is 31.2 cm³/mol. The molecule has 1 atom stereocenters. The molecule has 5 heteroatoms. The predicted octanol–water partition coefficient (Wildman–Crippen LogP) is -0.430. The van der Waals surface area contributed by atoms with Crippen molar-refractivity contribution in [3.05, 3.63) is 0 Å². The number of hydrogen-bond acceptors (Lipinski definition) is 4. The Kier molecular flexibility index (Phi) is 6.18. The second kappa shape index (κ2) is 6.15. The molecule has 0 fully saturated rings. The van der Waals surface area contributed by atoms with E-state index in [1.54, 1.807) is 0 Å². The third-order valence-corrected chi connectivity index (χ3v) is 1.09. The van der Waals surface area contributed by atoms with E-state index in [2.05, 4.69) is 4.18 Å². The largest absolute Gasteiger partial charge is 0.750 e. The van der Waals surface area contributed by atoms with Gasteiger partial charge in [0.25, 0.3) is 0 Å². The van der Waals surface area contributed by atoms with Gasteiger partial charge in [0.15, 0.2) is 0 Å². The van der Waals surface area contributed by atoms with Crippen LogP contribution in [0.25, 0.3) is 0 Å². The lowest BCUT2D eigenvalue weighted by Gasteiger charge is -2.03. The van der Waals surface area contributed by atoms with Gasteiger partial charge in [-0.3, -0.25) is 0 Å². The van der Waals surface area contributed by atoms with E-state index in [0.29, 0.717) is 12.8 Å². The second-order valence-corrected chi connectivity index (χ2v) is 2.10. The summed E-state index contributed by atoms with van der Waals surface area (Å²) in [6.07, 6.45) is 1.15. The van der Waals surface area contributed by atoms with Gasteiger partial charge in [0.1, 0.15) is 0 Å². The quantitative estimate of drug-likeness (QED) is 0.430. The summed E-state index contributed by atoms with van der Waals surface area (Å²) in [5.41, 5.74) is 0. The Morgan fingerprint density at radius 1 is 1.56 bits per heavy atom. The van der Waals surface area contributed by atoms with Crippen LogP contribution in [0.3, 0.4) is 0 Å². The average Bonchev–Trinajstić information content (AvgIpc) is 1.80.